The number of benzene rings is 1. The van der Waals surface area contributed by atoms with E-state index in [1.165, 1.54) is 11.3 Å². The molecule has 2 aliphatic rings. The maximum absolute atomic E-state index is 12.9. The molecule has 2 heterocycles. The summed E-state index contributed by atoms with van der Waals surface area (Å²) in [4.78, 5) is 29.7. The zero-order valence-corrected chi connectivity index (χ0v) is 16.9. The van der Waals surface area contributed by atoms with E-state index >= 15 is 0 Å². The molecule has 1 aromatic rings. The molecule has 1 fully saturated rings. The van der Waals surface area contributed by atoms with Crippen LogP contribution in [0.2, 0.25) is 0 Å². The van der Waals surface area contributed by atoms with E-state index in [9.17, 15) is 9.59 Å². The Balaban J connectivity index is 1.79. The van der Waals surface area contributed by atoms with Crippen LogP contribution in [0, 0.1) is 5.92 Å². The molecule has 148 valence electrons. The highest BCUT2D eigenvalue weighted by atomic mass is 16.2. The molecule has 1 saturated heterocycles. The van der Waals surface area contributed by atoms with Crippen molar-refractivity contribution >= 4 is 17.5 Å². The number of anilines is 1. The molecule has 2 atom stereocenters. The molecule has 0 saturated carbocycles. The van der Waals surface area contributed by atoms with E-state index in [2.05, 4.69) is 38.6 Å². The minimum absolute atomic E-state index is 0.0536. The summed E-state index contributed by atoms with van der Waals surface area (Å²) in [6.45, 7) is 10.7. The molecule has 1 aromatic carbocycles. The molecule has 0 spiro atoms. The molecule has 2 aliphatic heterocycles. The molecule has 0 radical (unpaired) electrons. The van der Waals surface area contributed by atoms with E-state index in [-0.39, 0.29) is 35.9 Å². The van der Waals surface area contributed by atoms with Gasteiger partial charge in [-0.1, -0.05) is 18.2 Å². The molecule has 2 unspecified atom stereocenters. The van der Waals surface area contributed by atoms with Crippen LogP contribution in [0.5, 0.6) is 0 Å². The fraction of sp³-hybridized carbons (Fsp3) is 0.619. The molecule has 2 amide bonds. The summed E-state index contributed by atoms with van der Waals surface area (Å²) in [5.74, 6) is 0.0686. The average Bonchev–Trinajstić information content (AvgIpc) is 2.59. The Bertz CT molecular complexity index is 689. The van der Waals surface area contributed by atoms with E-state index in [0.717, 1.165) is 26.1 Å². The molecule has 0 bridgehead atoms. The first-order valence-corrected chi connectivity index (χ1v) is 10.0. The third-order valence-electron chi connectivity index (χ3n) is 5.29. The Morgan fingerprint density at radius 3 is 2.48 bits per heavy atom. The van der Waals surface area contributed by atoms with Crippen LogP contribution >= 0.6 is 0 Å². The summed E-state index contributed by atoms with van der Waals surface area (Å²) < 4.78 is 0. The van der Waals surface area contributed by atoms with Crippen LogP contribution in [-0.4, -0.2) is 61.0 Å². The van der Waals surface area contributed by atoms with Gasteiger partial charge >= 0.3 is 0 Å². The minimum Gasteiger partial charge on any atom is -0.365 e. The van der Waals surface area contributed by atoms with Gasteiger partial charge in [0.15, 0.2) is 0 Å². The topological polar surface area (TPSA) is 64.7 Å². The number of carbonyl (C=O) groups is 2. The van der Waals surface area contributed by atoms with Crippen molar-refractivity contribution in [2.45, 2.75) is 52.2 Å². The summed E-state index contributed by atoms with van der Waals surface area (Å²) in [5.41, 5.74) is 2.48. The zero-order chi connectivity index (χ0) is 19.6. The van der Waals surface area contributed by atoms with Gasteiger partial charge in [0.05, 0.1) is 18.5 Å². The van der Waals surface area contributed by atoms with Gasteiger partial charge in [0.1, 0.15) is 0 Å². The number of para-hydroxylation sites is 1. The summed E-state index contributed by atoms with van der Waals surface area (Å²) in [6.07, 6.45) is 0.752. The number of hydrogen-bond acceptors (Lipinski definition) is 4. The SMILES string of the molecule is CC(C)NC(=O)CN1CCN2c3ccccc3CC(C(=O)NC(C)C)C2C1. The van der Waals surface area contributed by atoms with Gasteiger partial charge in [0.25, 0.3) is 0 Å². The third kappa shape index (κ3) is 4.61. The first-order valence-electron chi connectivity index (χ1n) is 10.0. The third-order valence-corrected chi connectivity index (χ3v) is 5.29. The van der Waals surface area contributed by atoms with Gasteiger partial charge in [-0.05, 0) is 45.7 Å². The van der Waals surface area contributed by atoms with Crippen molar-refractivity contribution in [1.29, 1.82) is 0 Å². The maximum Gasteiger partial charge on any atom is 0.234 e. The number of rotatable bonds is 5. The highest BCUT2D eigenvalue weighted by Gasteiger charge is 2.41. The Morgan fingerprint density at radius 1 is 1.07 bits per heavy atom. The monoisotopic (exact) mass is 372 g/mol. The molecule has 2 N–H and O–H groups in total. The predicted octanol–water partition coefficient (Wildman–Crippen LogP) is 1.40. The molecular formula is C21H32N4O2. The first kappa shape index (κ1) is 19.7. The van der Waals surface area contributed by atoms with E-state index < -0.39 is 0 Å². The minimum atomic E-state index is -0.0988. The van der Waals surface area contributed by atoms with Gasteiger partial charge in [-0.25, -0.2) is 0 Å². The van der Waals surface area contributed by atoms with Gasteiger partial charge in [0, 0.05) is 37.4 Å². The summed E-state index contributed by atoms with van der Waals surface area (Å²) in [7, 11) is 0. The second-order valence-electron chi connectivity index (χ2n) is 8.32. The van der Waals surface area contributed by atoms with Gasteiger partial charge in [-0.15, -0.1) is 0 Å². The number of fused-ring (bicyclic) bond motifs is 3. The lowest BCUT2D eigenvalue weighted by Gasteiger charge is -2.49. The highest BCUT2D eigenvalue weighted by Crippen LogP contribution is 2.35. The van der Waals surface area contributed by atoms with Crippen LogP contribution < -0.4 is 15.5 Å². The zero-order valence-electron chi connectivity index (χ0n) is 16.9. The van der Waals surface area contributed by atoms with Crippen molar-refractivity contribution in [1.82, 2.24) is 15.5 Å². The van der Waals surface area contributed by atoms with E-state index in [1.54, 1.807) is 0 Å². The number of nitrogens with one attached hydrogen (secondary N) is 2. The molecule has 27 heavy (non-hydrogen) atoms. The molecule has 0 aromatic heterocycles. The van der Waals surface area contributed by atoms with E-state index in [0.29, 0.717) is 6.54 Å². The number of piperazine rings is 1. The molecule has 6 heteroatoms. The second kappa shape index (κ2) is 8.30. The molecule has 0 aliphatic carbocycles. The highest BCUT2D eigenvalue weighted by molar-refractivity contribution is 5.82. The summed E-state index contributed by atoms with van der Waals surface area (Å²) in [6, 6.07) is 8.75. The van der Waals surface area contributed by atoms with Gasteiger partial charge in [-0.3, -0.25) is 14.5 Å². The lowest BCUT2D eigenvalue weighted by Crippen LogP contribution is -2.62. The Kier molecular flexibility index (Phi) is 6.05. The largest absolute Gasteiger partial charge is 0.365 e. The van der Waals surface area contributed by atoms with Gasteiger partial charge < -0.3 is 15.5 Å². The Hall–Kier alpha value is -2.08. The van der Waals surface area contributed by atoms with Crippen molar-refractivity contribution in [3.05, 3.63) is 29.8 Å². The predicted molar refractivity (Wildman–Crippen MR) is 108 cm³/mol. The van der Waals surface area contributed by atoms with Crippen molar-refractivity contribution < 1.29 is 9.59 Å². The van der Waals surface area contributed by atoms with Crippen molar-refractivity contribution in [2.24, 2.45) is 5.92 Å². The summed E-state index contributed by atoms with van der Waals surface area (Å²) in [5, 5.41) is 6.06. The molecular weight excluding hydrogens is 340 g/mol. The van der Waals surface area contributed by atoms with Crippen molar-refractivity contribution in [3.8, 4) is 0 Å². The maximum atomic E-state index is 12.9. The Morgan fingerprint density at radius 2 is 1.78 bits per heavy atom. The molecule has 6 nitrogen and oxygen atoms in total. The lowest BCUT2D eigenvalue weighted by molar-refractivity contribution is -0.126. The fourth-order valence-corrected chi connectivity index (χ4v) is 4.22. The number of amides is 2. The summed E-state index contributed by atoms with van der Waals surface area (Å²) >= 11 is 0. The fourth-order valence-electron chi connectivity index (χ4n) is 4.22. The van der Waals surface area contributed by atoms with Crippen LogP contribution in [-0.2, 0) is 16.0 Å². The lowest BCUT2D eigenvalue weighted by atomic mass is 9.83. The van der Waals surface area contributed by atoms with Gasteiger partial charge in [0.2, 0.25) is 11.8 Å². The quantitative estimate of drug-likeness (QED) is 0.820. The standard InChI is InChI=1S/C21H32N4O2/c1-14(2)22-20(26)13-24-9-10-25-18-8-6-5-7-16(18)11-17(19(25)12-24)21(27)23-15(3)4/h5-8,14-15,17,19H,9-13H2,1-4H3,(H,22,26)(H,23,27). The van der Waals surface area contributed by atoms with Crippen LogP contribution in [0.3, 0.4) is 0 Å². The second-order valence-corrected chi connectivity index (χ2v) is 8.32. The van der Waals surface area contributed by atoms with Crippen LogP contribution in [0.4, 0.5) is 5.69 Å². The van der Waals surface area contributed by atoms with Crippen LogP contribution in [0.1, 0.15) is 33.3 Å². The number of carbonyl (C=O) groups excluding carboxylic acids is 2. The van der Waals surface area contributed by atoms with Crippen molar-refractivity contribution in [2.75, 3.05) is 31.1 Å². The average molecular weight is 373 g/mol. The van der Waals surface area contributed by atoms with Crippen molar-refractivity contribution in [3.63, 3.8) is 0 Å². The van der Waals surface area contributed by atoms with E-state index in [4.69, 9.17) is 0 Å². The number of hydrogen-bond donors (Lipinski definition) is 2. The first-order chi connectivity index (χ1) is 12.8. The van der Waals surface area contributed by atoms with Crippen LogP contribution in [0.15, 0.2) is 24.3 Å². The van der Waals surface area contributed by atoms with E-state index in [1.807, 2.05) is 33.8 Å². The molecule has 3 rings (SSSR count). The normalized spacial score (nSPS) is 22.4. The van der Waals surface area contributed by atoms with Crippen LogP contribution in [0.25, 0.3) is 0 Å². The smallest absolute Gasteiger partial charge is 0.234 e. The number of nitrogens with zero attached hydrogens (tertiary/aromatic N) is 2. The Labute approximate surface area is 162 Å². The van der Waals surface area contributed by atoms with Gasteiger partial charge in [-0.2, -0.15) is 0 Å².